The van der Waals surface area contributed by atoms with Crippen LogP contribution in [0.1, 0.15) is 11.3 Å². The van der Waals surface area contributed by atoms with Crippen molar-refractivity contribution in [2.75, 3.05) is 5.32 Å². The molecule has 7 heteroatoms. The molecule has 0 amide bonds. The molecule has 2 aromatic heterocycles. The standard InChI is InChI=1S/C16H12N6O/c17-8-14-7-12(4-5-18-14)15-19-10-20-16(22-15)21-13-3-1-2-11(6-13)9-23/h1-7,10,23H,9H2,(H,19,20,21,22). The fourth-order valence-electron chi connectivity index (χ4n) is 2.00. The minimum absolute atomic E-state index is 0.0358. The van der Waals surface area contributed by atoms with Crippen molar-refractivity contribution in [2.45, 2.75) is 6.61 Å². The van der Waals surface area contributed by atoms with Crippen molar-refractivity contribution in [1.82, 2.24) is 19.9 Å². The zero-order chi connectivity index (χ0) is 16.1. The molecule has 3 aromatic rings. The Labute approximate surface area is 132 Å². The molecule has 0 atom stereocenters. The van der Waals surface area contributed by atoms with Crippen molar-refractivity contribution >= 4 is 11.6 Å². The van der Waals surface area contributed by atoms with Crippen LogP contribution >= 0.6 is 0 Å². The smallest absolute Gasteiger partial charge is 0.230 e. The van der Waals surface area contributed by atoms with E-state index in [0.717, 1.165) is 11.3 Å². The van der Waals surface area contributed by atoms with Crippen LogP contribution in [0.25, 0.3) is 11.4 Å². The van der Waals surface area contributed by atoms with Gasteiger partial charge in [0, 0.05) is 17.4 Å². The molecule has 0 saturated heterocycles. The molecule has 112 valence electrons. The van der Waals surface area contributed by atoms with Gasteiger partial charge in [0.15, 0.2) is 5.82 Å². The van der Waals surface area contributed by atoms with E-state index >= 15 is 0 Å². The van der Waals surface area contributed by atoms with Gasteiger partial charge in [0.05, 0.1) is 6.61 Å². The second kappa shape index (κ2) is 6.60. The predicted octanol–water partition coefficient (Wildman–Crippen LogP) is 2.04. The second-order valence-electron chi connectivity index (χ2n) is 4.66. The molecule has 1 aromatic carbocycles. The maximum atomic E-state index is 9.17. The first-order chi connectivity index (χ1) is 11.3. The Morgan fingerprint density at radius 2 is 2.04 bits per heavy atom. The van der Waals surface area contributed by atoms with E-state index in [1.807, 2.05) is 30.3 Å². The van der Waals surface area contributed by atoms with Crippen molar-refractivity contribution in [3.05, 3.63) is 60.2 Å². The Hall–Kier alpha value is -3.37. The minimum Gasteiger partial charge on any atom is -0.392 e. The van der Waals surface area contributed by atoms with Gasteiger partial charge >= 0.3 is 0 Å². The average molecular weight is 304 g/mol. The number of anilines is 2. The van der Waals surface area contributed by atoms with Gasteiger partial charge in [0.2, 0.25) is 5.95 Å². The third kappa shape index (κ3) is 3.45. The quantitative estimate of drug-likeness (QED) is 0.759. The first kappa shape index (κ1) is 14.6. The van der Waals surface area contributed by atoms with Crippen molar-refractivity contribution in [1.29, 1.82) is 5.26 Å². The topological polar surface area (TPSA) is 108 Å². The second-order valence-corrected chi connectivity index (χ2v) is 4.66. The van der Waals surface area contributed by atoms with E-state index in [0.29, 0.717) is 23.0 Å². The zero-order valence-corrected chi connectivity index (χ0v) is 12.0. The number of nitrogens with one attached hydrogen (secondary N) is 1. The molecular weight excluding hydrogens is 292 g/mol. The lowest BCUT2D eigenvalue weighted by molar-refractivity contribution is 0.282. The molecule has 3 rings (SSSR count). The first-order valence-electron chi connectivity index (χ1n) is 6.81. The van der Waals surface area contributed by atoms with Crippen LogP contribution in [-0.2, 0) is 6.61 Å². The van der Waals surface area contributed by atoms with Gasteiger partial charge in [-0.15, -0.1) is 0 Å². The van der Waals surface area contributed by atoms with E-state index in [4.69, 9.17) is 10.4 Å². The van der Waals surface area contributed by atoms with E-state index in [9.17, 15) is 0 Å². The summed E-state index contributed by atoms with van der Waals surface area (Å²) in [7, 11) is 0. The Balaban J connectivity index is 1.89. The Kier molecular flexibility index (Phi) is 4.18. The Bertz CT molecular complexity index is 874. The monoisotopic (exact) mass is 304 g/mol. The molecule has 0 bridgehead atoms. The molecule has 23 heavy (non-hydrogen) atoms. The van der Waals surface area contributed by atoms with Gasteiger partial charge in [-0.1, -0.05) is 12.1 Å². The molecule has 0 aliphatic heterocycles. The van der Waals surface area contributed by atoms with Crippen molar-refractivity contribution in [2.24, 2.45) is 0 Å². The first-order valence-corrected chi connectivity index (χ1v) is 6.81. The highest BCUT2D eigenvalue weighted by atomic mass is 16.3. The fourth-order valence-corrected chi connectivity index (χ4v) is 2.00. The molecule has 0 unspecified atom stereocenters. The van der Waals surface area contributed by atoms with Crippen LogP contribution in [0, 0.1) is 11.3 Å². The summed E-state index contributed by atoms with van der Waals surface area (Å²) in [5, 5.41) is 21.1. The summed E-state index contributed by atoms with van der Waals surface area (Å²) in [6, 6.07) is 12.6. The molecule has 0 spiro atoms. The largest absolute Gasteiger partial charge is 0.392 e. The Morgan fingerprint density at radius 3 is 2.87 bits per heavy atom. The summed E-state index contributed by atoms with van der Waals surface area (Å²) >= 11 is 0. The van der Waals surface area contributed by atoms with E-state index in [-0.39, 0.29) is 6.61 Å². The summed E-state index contributed by atoms with van der Waals surface area (Å²) in [5.74, 6) is 0.820. The lowest BCUT2D eigenvalue weighted by Crippen LogP contribution is -2.00. The van der Waals surface area contributed by atoms with Gasteiger partial charge in [0.25, 0.3) is 0 Å². The van der Waals surface area contributed by atoms with Gasteiger partial charge in [0.1, 0.15) is 18.1 Å². The maximum absolute atomic E-state index is 9.17. The summed E-state index contributed by atoms with van der Waals surface area (Å²) in [5.41, 5.74) is 2.54. The van der Waals surface area contributed by atoms with E-state index in [1.54, 1.807) is 12.1 Å². The molecule has 2 N–H and O–H groups in total. The van der Waals surface area contributed by atoms with E-state index in [1.165, 1.54) is 12.5 Å². The predicted molar refractivity (Wildman–Crippen MR) is 83.4 cm³/mol. The summed E-state index contributed by atoms with van der Waals surface area (Å²) in [6.45, 7) is -0.0358. The highest BCUT2D eigenvalue weighted by Crippen LogP contribution is 2.18. The normalized spacial score (nSPS) is 10.1. The van der Waals surface area contributed by atoms with Crippen molar-refractivity contribution < 1.29 is 5.11 Å². The molecule has 0 aliphatic carbocycles. The van der Waals surface area contributed by atoms with E-state index < -0.39 is 0 Å². The number of aromatic nitrogens is 4. The molecular formula is C16H12N6O. The molecule has 0 saturated carbocycles. The van der Waals surface area contributed by atoms with Gasteiger partial charge in [-0.2, -0.15) is 10.2 Å². The summed E-state index contributed by atoms with van der Waals surface area (Å²) in [4.78, 5) is 16.5. The maximum Gasteiger partial charge on any atom is 0.230 e. The number of benzene rings is 1. The number of nitrogens with zero attached hydrogens (tertiary/aromatic N) is 5. The molecule has 0 radical (unpaired) electrons. The Morgan fingerprint density at radius 1 is 1.13 bits per heavy atom. The number of pyridine rings is 1. The van der Waals surface area contributed by atoms with Crippen LogP contribution in [0.5, 0.6) is 0 Å². The highest BCUT2D eigenvalue weighted by Gasteiger charge is 2.06. The third-order valence-corrected chi connectivity index (χ3v) is 3.07. The van der Waals surface area contributed by atoms with Crippen LogP contribution in [0.2, 0.25) is 0 Å². The molecule has 7 nitrogen and oxygen atoms in total. The van der Waals surface area contributed by atoms with Crippen molar-refractivity contribution in [3.8, 4) is 17.5 Å². The number of rotatable bonds is 4. The number of hydrogen-bond donors (Lipinski definition) is 2. The molecule has 0 fully saturated rings. The van der Waals surface area contributed by atoms with Gasteiger partial charge < -0.3 is 10.4 Å². The average Bonchev–Trinajstić information content (AvgIpc) is 2.62. The van der Waals surface area contributed by atoms with E-state index in [2.05, 4.69) is 25.3 Å². The van der Waals surface area contributed by atoms with Crippen LogP contribution in [0.3, 0.4) is 0 Å². The van der Waals surface area contributed by atoms with Gasteiger partial charge in [-0.25, -0.2) is 15.0 Å². The number of nitriles is 1. The third-order valence-electron chi connectivity index (χ3n) is 3.07. The number of aliphatic hydroxyl groups is 1. The molecule has 2 heterocycles. The minimum atomic E-state index is -0.0358. The van der Waals surface area contributed by atoms with Crippen LogP contribution in [-0.4, -0.2) is 25.0 Å². The van der Waals surface area contributed by atoms with Crippen LogP contribution < -0.4 is 5.32 Å². The summed E-state index contributed by atoms with van der Waals surface area (Å²) < 4.78 is 0. The van der Waals surface area contributed by atoms with Crippen molar-refractivity contribution in [3.63, 3.8) is 0 Å². The van der Waals surface area contributed by atoms with Crippen LogP contribution in [0.15, 0.2) is 48.9 Å². The lowest BCUT2D eigenvalue weighted by Gasteiger charge is -2.07. The SMILES string of the molecule is N#Cc1cc(-c2ncnc(Nc3cccc(CO)c3)n2)ccn1. The lowest BCUT2D eigenvalue weighted by atomic mass is 10.2. The van der Waals surface area contributed by atoms with Crippen LogP contribution in [0.4, 0.5) is 11.6 Å². The summed E-state index contributed by atoms with van der Waals surface area (Å²) in [6.07, 6.45) is 2.93. The molecule has 0 aliphatic rings. The van der Waals surface area contributed by atoms with Gasteiger partial charge in [-0.3, -0.25) is 0 Å². The zero-order valence-electron chi connectivity index (χ0n) is 12.0. The fraction of sp³-hybridized carbons (Fsp3) is 0.0625. The van der Waals surface area contributed by atoms with Gasteiger partial charge in [-0.05, 0) is 29.8 Å². The number of hydrogen-bond acceptors (Lipinski definition) is 7. The highest BCUT2D eigenvalue weighted by molar-refractivity contribution is 5.59. The number of aliphatic hydroxyl groups excluding tert-OH is 1.